The molecule has 0 aromatic heterocycles. The number of carbonyl (C=O) groups is 3. The van der Waals surface area contributed by atoms with E-state index in [0.29, 0.717) is 28.3 Å². The summed E-state index contributed by atoms with van der Waals surface area (Å²) < 4.78 is 21.9. The van der Waals surface area contributed by atoms with Crippen molar-refractivity contribution in [1.82, 2.24) is 16.1 Å². The fourth-order valence-corrected chi connectivity index (χ4v) is 3.84. The Kier molecular flexibility index (Phi) is 8.90. The molecule has 0 unspecified atom stereocenters. The highest BCUT2D eigenvalue weighted by atomic mass is 79.9. The molecule has 12 heteroatoms. The smallest absolute Gasteiger partial charge is 0.337 e. The Morgan fingerprint density at radius 2 is 1.81 bits per heavy atom. The molecule has 0 fully saturated rings. The van der Waals surface area contributed by atoms with Crippen molar-refractivity contribution < 1.29 is 33.3 Å². The highest BCUT2D eigenvalue weighted by molar-refractivity contribution is 9.10. The van der Waals surface area contributed by atoms with Gasteiger partial charge >= 0.3 is 12.0 Å². The first kappa shape index (κ1) is 26.5. The van der Waals surface area contributed by atoms with Crippen LogP contribution in [0.3, 0.4) is 0 Å². The Balaban J connectivity index is 1.69. The van der Waals surface area contributed by atoms with Crippen molar-refractivity contribution in [3.05, 3.63) is 63.3 Å². The molecule has 1 heterocycles. The van der Waals surface area contributed by atoms with Gasteiger partial charge in [0, 0.05) is 15.7 Å². The maximum absolute atomic E-state index is 12.3. The minimum absolute atomic E-state index is 0.257. The van der Waals surface area contributed by atoms with Crippen LogP contribution in [0.25, 0.3) is 0 Å². The van der Waals surface area contributed by atoms with E-state index in [4.69, 9.17) is 18.9 Å². The van der Waals surface area contributed by atoms with E-state index < -0.39 is 23.9 Å². The van der Waals surface area contributed by atoms with Crippen LogP contribution in [-0.4, -0.2) is 52.1 Å². The molecule has 0 radical (unpaired) electrons. The Hall–Kier alpha value is -4.06. The number of hydrogen-bond acceptors (Lipinski definition) is 8. The largest absolute Gasteiger partial charge is 0.496 e. The zero-order valence-electron chi connectivity index (χ0n) is 20.0. The Bertz CT molecular complexity index is 1230. The van der Waals surface area contributed by atoms with E-state index in [0.717, 1.165) is 4.47 Å². The second-order valence-electron chi connectivity index (χ2n) is 7.44. The Morgan fingerprint density at radius 3 is 2.50 bits per heavy atom. The van der Waals surface area contributed by atoms with E-state index in [2.05, 4.69) is 37.1 Å². The molecule has 3 rings (SSSR count). The molecule has 1 atom stereocenters. The Labute approximate surface area is 215 Å². The first-order chi connectivity index (χ1) is 17.3. The van der Waals surface area contributed by atoms with Gasteiger partial charge in [-0.05, 0) is 42.8 Å². The lowest BCUT2D eigenvalue weighted by atomic mass is 9.95. The first-order valence-corrected chi connectivity index (χ1v) is 11.4. The van der Waals surface area contributed by atoms with Gasteiger partial charge in [-0.2, -0.15) is 5.10 Å². The topological polar surface area (TPSA) is 137 Å². The van der Waals surface area contributed by atoms with E-state index in [1.165, 1.54) is 20.4 Å². The lowest BCUT2D eigenvalue weighted by Gasteiger charge is -2.28. The second-order valence-corrected chi connectivity index (χ2v) is 8.36. The summed E-state index contributed by atoms with van der Waals surface area (Å²) in [6.07, 6.45) is 1.46. The van der Waals surface area contributed by atoms with Gasteiger partial charge in [0.15, 0.2) is 18.1 Å². The van der Waals surface area contributed by atoms with Gasteiger partial charge in [0.2, 0.25) is 0 Å². The third kappa shape index (κ3) is 6.33. The van der Waals surface area contributed by atoms with Crippen LogP contribution < -0.4 is 30.3 Å². The molecule has 3 amide bonds. The van der Waals surface area contributed by atoms with Crippen LogP contribution in [0.15, 0.2) is 57.2 Å². The lowest BCUT2D eigenvalue weighted by Crippen LogP contribution is -2.45. The number of rotatable bonds is 9. The molecular formula is C24H25BrN4O7. The third-order valence-corrected chi connectivity index (χ3v) is 5.63. The summed E-state index contributed by atoms with van der Waals surface area (Å²) in [5, 5.41) is 9.20. The Morgan fingerprint density at radius 1 is 1.08 bits per heavy atom. The van der Waals surface area contributed by atoms with Crippen LogP contribution >= 0.6 is 15.9 Å². The average Bonchev–Trinajstić information content (AvgIpc) is 2.86. The maximum Gasteiger partial charge on any atom is 0.337 e. The molecule has 0 saturated heterocycles. The molecule has 11 nitrogen and oxygen atoms in total. The van der Waals surface area contributed by atoms with Crippen molar-refractivity contribution in [2.24, 2.45) is 5.10 Å². The van der Waals surface area contributed by atoms with E-state index >= 15 is 0 Å². The number of ether oxygens (including phenoxy) is 4. The van der Waals surface area contributed by atoms with Gasteiger partial charge in [-0.15, -0.1) is 0 Å². The molecule has 2 aromatic rings. The fourth-order valence-electron chi connectivity index (χ4n) is 3.46. The molecule has 1 aliphatic heterocycles. The van der Waals surface area contributed by atoms with Gasteiger partial charge in [-0.25, -0.2) is 15.0 Å². The van der Waals surface area contributed by atoms with E-state index in [-0.39, 0.29) is 17.9 Å². The third-order valence-electron chi connectivity index (χ3n) is 5.14. The molecule has 0 saturated carbocycles. The van der Waals surface area contributed by atoms with Gasteiger partial charge < -0.3 is 29.6 Å². The molecule has 1 aliphatic rings. The predicted octanol–water partition coefficient (Wildman–Crippen LogP) is 2.80. The number of halogens is 1. The van der Waals surface area contributed by atoms with Crippen LogP contribution in [0.1, 0.15) is 24.1 Å². The minimum atomic E-state index is -0.762. The number of amides is 3. The number of carbonyl (C=O) groups excluding carboxylic acids is 3. The van der Waals surface area contributed by atoms with Crippen molar-refractivity contribution >= 4 is 40.1 Å². The summed E-state index contributed by atoms with van der Waals surface area (Å²) in [7, 11) is 4.24. The number of hydrogen-bond donors (Lipinski definition) is 3. The quantitative estimate of drug-likeness (QED) is 0.243. The van der Waals surface area contributed by atoms with Crippen LogP contribution in [0.4, 0.5) is 4.79 Å². The number of nitrogens with zero attached hydrogens (tertiary/aromatic N) is 1. The molecule has 0 aliphatic carbocycles. The van der Waals surface area contributed by atoms with Crippen LogP contribution in [0.2, 0.25) is 0 Å². The summed E-state index contributed by atoms with van der Waals surface area (Å²) in [5.74, 6) is 0.111. The highest BCUT2D eigenvalue weighted by Gasteiger charge is 2.32. The zero-order valence-corrected chi connectivity index (χ0v) is 21.6. The maximum atomic E-state index is 12.3. The van der Waals surface area contributed by atoms with Crippen molar-refractivity contribution in [1.29, 1.82) is 0 Å². The molecule has 2 aromatic carbocycles. The molecule has 190 valence electrons. The highest BCUT2D eigenvalue weighted by Crippen LogP contribution is 2.34. The number of esters is 1. The van der Waals surface area contributed by atoms with Crippen LogP contribution in [-0.2, 0) is 14.3 Å². The predicted molar refractivity (Wildman–Crippen MR) is 134 cm³/mol. The number of urea groups is 1. The summed E-state index contributed by atoms with van der Waals surface area (Å²) >= 11 is 3.38. The van der Waals surface area contributed by atoms with Crippen LogP contribution in [0, 0.1) is 0 Å². The standard InChI is InChI=1S/C24H25BrN4O7/c1-13-21(23(31)35-4)22(28-24(32)27-13)14-5-7-18(19(10-14)34-3)36-12-20(30)29-26-11-15-9-16(25)6-8-17(15)33-2/h5-11,22H,12H2,1-4H3,(H,29,30)(H2,27,28,32)/b26-11-/t22-/m1/s1. The van der Waals surface area contributed by atoms with Gasteiger partial charge in [-0.3, -0.25) is 4.79 Å². The van der Waals surface area contributed by atoms with Gasteiger partial charge in [-0.1, -0.05) is 22.0 Å². The van der Waals surface area contributed by atoms with Crippen molar-refractivity contribution in [2.45, 2.75) is 13.0 Å². The van der Waals surface area contributed by atoms with Crippen molar-refractivity contribution in [3.8, 4) is 17.2 Å². The van der Waals surface area contributed by atoms with Crippen LogP contribution in [0.5, 0.6) is 17.2 Å². The van der Waals surface area contributed by atoms with Gasteiger partial charge in [0.1, 0.15) is 5.75 Å². The van der Waals surface area contributed by atoms with Crippen molar-refractivity contribution in [2.75, 3.05) is 27.9 Å². The summed E-state index contributed by atoms with van der Waals surface area (Å²) in [5.41, 5.74) is 4.26. The normalized spacial score (nSPS) is 15.1. The number of hydrazone groups is 1. The summed E-state index contributed by atoms with van der Waals surface area (Å²) in [6, 6.07) is 9.02. The molecule has 0 spiro atoms. The van der Waals surface area contributed by atoms with E-state index in [1.54, 1.807) is 44.4 Å². The van der Waals surface area contributed by atoms with Gasteiger partial charge in [0.05, 0.1) is 39.2 Å². The number of methoxy groups -OCH3 is 3. The van der Waals surface area contributed by atoms with E-state index in [9.17, 15) is 14.4 Å². The zero-order chi connectivity index (χ0) is 26.2. The summed E-state index contributed by atoms with van der Waals surface area (Å²) in [4.78, 5) is 36.5. The number of nitrogens with one attached hydrogen (secondary N) is 3. The monoisotopic (exact) mass is 560 g/mol. The van der Waals surface area contributed by atoms with Crippen molar-refractivity contribution in [3.63, 3.8) is 0 Å². The SMILES string of the molecule is COC(=O)C1=C(C)NC(=O)N[C@@H]1c1ccc(OCC(=O)N/N=C\c2cc(Br)ccc2OC)c(OC)c1. The lowest BCUT2D eigenvalue weighted by molar-refractivity contribution is -0.136. The molecule has 0 bridgehead atoms. The van der Waals surface area contributed by atoms with Gasteiger partial charge in [0.25, 0.3) is 5.91 Å². The summed E-state index contributed by atoms with van der Waals surface area (Å²) in [6.45, 7) is 1.28. The number of allylic oxidation sites excluding steroid dienone is 1. The first-order valence-electron chi connectivity index (χ1n) is 10.6. The molecule has 36 heavy (non-hydrogen) atoms. The molecular weight excluding hydrogens is 536 g/mol. The fraction of sp³-hybridized carbons (Fsp3) is 0.250. The minimum Gasteiger partial charge on any atom is -0.496 e. The van der Waals surface area contributed by atoms with E-state index in [1.807, 2.05) is 6.07 Å². The second kappa shape index (κ2) is 12.1. The average molecular weight is 561 g/mol. The number of benzene rings is 2. The molecule has 3 N–H and O–H groups in total.